The molecule has 0 aliphatic heterocycles. The van der Waals surface area contributed by atoms with Gasteiger partial charge in [0.1, 0.15) is 5.52 Å². The first kappa shape index (κ1) is 16.4. The lowest BCUT2D eigenvalue weighted by atomic mass is 10.2. The van der Waals surface area contributed by atoms with Crippen molar-refractivity contribution in [2.45, 2.75) is 11.0 Å². The summed E-state index contributed by atoms with van der Waals surface area (Å²) >= 11 is 7.11. The van der Waals surface area contributed by atoms with Gasteiger partial charge in [0.2, 0.25) is 0 Å². The van der Waals surface area contributed by atoms with Crippen LogP contribution in [-0.4, -0.2) is 24.9 Å². The van der Waals surface area contributed by atoms with Gasteiger partial charge in [-0.15, -0.1) is 0 Å². The van der Waals surface area contributed by atoms with Gasteiger partial charge in [0.05, 0.1) is 11.5 Å². The Labute approximate surface area is 143 Å². The van der Waals surface area contributed by atoms with Crippen LogP contribution in [0.1, 0.15) is 5.56 Å². The first-order chi connectivity index (χ1) is 11.0. The first-order valence-corrected chi connectivity index (χ1v) is 10.1. The van der Waals surface area contributed by atoms with Crippen LogP contribution in [-0.2, 0) is 15.6 Å². The van der Waals surface area contributed by atoms with Gasteiger partial charge in [-0.05, 0) is 29.8 Å². The van der Waals surface area contributed by atoms with Crippen molar-refractivity contribution in [3.8, 4) is 0 Å². The number of fused-ring (bicyclic) bond motifs is 1. The van der Waals surface area contributed by atoms with Crippen LogP contribution >= 0.6 is 23.4 Å². The highest BCUT2D eigenvalue weighted by Gasteiger charge is 2.13. The van der Waals surface area contributed by atoms with Gasteiger partial charge < -0.3 is 4.42 Å². The molecule has 0 fully saturated rings. The first-order valence-electron chi connectivity index (χ1n) is 6.95. The smallest absolute Gasteiger partial charge is 0.256 e. The normalized spacial score (nSPS) is 11.9. The summed E-state index contributed by atoms with van der Waals surface area (Å²) in [6, 6.07) is 14.3. The molecule has 0 N–H and O–H groups in total. The summed E-state index contributed by atoms with van der Waals surface area (Å²) in [6.07, 6.45) is 0. The lowest BCUT2D eigenvalue weighted by molar-refractivity contribution is 0.489. The predicted molar refractivity (Wildman–Crippen MR) is 93.7 cm³/mol. The molecule has 0 aliphatic carbocycles. The van der Waals surface area contributed by atoms with E-state index in [1.54, 1.807) is 24.3 Å². The molecule has 120 valence electrons. The number of hydrogen-bond donors (Lipinski definition) is 0. The number of nitrogens with zero attached hydrogens (tertiary/aromatic N) is 1. The molecule has 0 spiro atoms. The molecule has 3 aromatic rings. The summed E-state index contributed by atoms with van der Waals surface area (Å²) in [5.41, 5.74) is 2.22. The van der Waals surface area contributed by atoms with Crippen molar-refractivity contribution in [3.05, 3.63) is 59.1 Å². The third-order valence-electron chi connectivity index (χ3n) is 3.19. The Kier molecular flexibility index (Phi) is 4.94. The maximum absolute atomic E-state index is 12.1. The van der Waals surface area contributed by atoms with Crippen LogP contribution in [0.3, 0.4) is 0 Å². The van der Waals surface area contributed by atoms with E-state index in [9.17, 15) is 8.42 Å². The van der Waals surface area contributed by atoms with Gasteiger partial charge in [-0.2, -0.15) is 0 Å². The minimum Gasteiger partial charge on any atom is -0.431 e. The van der Waals surface area contributed by atoms with Crippen molar-refractivity contribution in [1.29, 1.82) is 0 Å². The van der Waals surface area contributed by atoms with Crippen molar-refractivity contribution in [2.24, 2.45) is 0 Å². The molecule has 3 rings (SSSR count). The number of aromatic nitrogens is 1. The summed E-state index contributed by atoms with van der Waals surface area (Å²) in [4.78, 5) is 4.31. The van der Waals surface area contributed by atoms with Crippen LogP contribution in [0, 0.1) is 0 Å². The van der Waals surface area contributed by atoms with Crippen LogP contribution < -0.4 is 0 Å². The lowest BCUT2D eigenvalue weighted by Gasteiger charge is -2.03. The average Bonchev–Trinajstić information content (AvgIpc) is 2.92. The molecule has 0 saturated carbocycles. The third-order valence-corrected chi connectivity index (χ3v) is 6.13. The molecular formula is C16H14ClNO3S2. The van der Waals surface area contributed by atoms with Crippen molar-refractivity contribution in [3.63, 3.8) is 0 Å². The maximum Gasteiger partial charge on any atom is 0.256 e. The van der Waals surface area contributed by atoms with E-state index in [2.05, 4.69) is 4.98 Å². The molecule has 1 aromatic heterocycles. The molecule has 0 bridgehead atoms. The van der Waals surface area contributed by atoms with Crippen molar-refractivity contribution in [2.75, 3.05) is 11.5 Å². The number of para-hydroxylation sites is 2. The van der Waals surface area contributed by atoms with Gasteiger partial charge in [0, 0.05) is 10.8 Å². The third kappa shape index (κ3) is 4.50. The van der Waals surface area contributed by atoms with Gasteiger partial charge in [-0.1, -0.05) is 47.6 Å². The highest BCUT2D eigenvalue weighted by atomic mass is 35.5. The average molecular weight is 368 g/mol. The monoisotopic (exact) mass is 367 g/mol. The molecule has 0 aliphatic rings. The van der Waals surface area contributed by atoms with Gasteiger partial charge in [-0.25, -0.2) is 13.4 Å². The second-order valence-electron chi connectivity index (χ2n) is 5.01. The Morgan fingerprint density at radius 2 is 1.83 bits per heavy atom. The molecule has 4 nitrogen and oxygen atoms in total. The van der Waals surface area contributed by atoms with Crippen LogP contribution in [0.2, 0.25) is 5.02 Å². The number of thioether (sulfide) groups is 1. The van der Waals surface area contributed by atoms with E-state index in [0.29, 0.717) is 21.6 Å². The molecule has 0 radical (unpaired) electrons. The summed E-state index contributed by atoms with van der Waals surface area (Å²) < 4.78 is 29.9. The standard InChI is InChI=1S/C16H14ClNO3S2/c17-13-7-5-12(6-8-13)11-23(19,20)10-9-22-16-18-14-3-1-2-4-15(14)21-16/h1-8H,9-11H2. The summed E-state index contributed by atoms with van der Waals surface area (Å²) in [6.45, 7) is 0. The predicted octanol–water partition coefficient (Wildman–Crippen LogP) is 4.19. The molecule has 0 amide bonds. The molecule has 23 heavy (non-hydrogen) atoms. The summed E-state index contributed by atoms with van der Waals surface area (Å²) in [5, 5.41) is 1.09. The van der Waals surface area contributed by atoms with Crippen molar-refractivity contribution >= 4 is 44.3 Å². The van der Waals surface area contributed by atoms with E-state index in [1.165, 1.54) is 11.8 Å². The quantitative estimate of drug-likeness (QED) is 0.611. The zero-order valence-electron chi connectivity index (χ0n) is 12.1. The second kappa shape index (κ2) is 6.95. The molecular weight excluding hydrogens is 354 g/mol. The number of rotatable bonds is 6. The summed E-state index contributed by atoms with van der Waals surface area (Å²) in [7, 11) is -3.18. The van der Waals surface area contributed by atoms with Crippen LogP contribution in [0.5, 0.6) is 0 Å². The molecule has 7 heteroatoms. The van der Waals surface area contributed by atoms with E-state index < -0.39 is 9.84 Å². The second-order valence-corrected chi connectivity index (χ2v) is 8.68. The zero-order valence-corrected chi connectivity index (χ0v) is 14.5. The Morgan fingerprint density at radius 3 is 2.57 bits per heavy atom. The van der Waals surface area contributed by atoms with E-state index in [-0.39, 0.29) is 11.5 Å². The van der Waals surface area contributed by atoms with Gasteiger partial charge >= 0.3 is 0 Å². The largest absolute Gasteiger partial charge is 0.431 e. The van der Waals surface area contributed by atoms with Gasteiger partial charge in [-0.3, -0.25) is 0 Å². The highest BCUT2D eigenvalue weighted by Crippen LogP contribution is 2.23. The molecule has 0 atom stereocenters. The zero-order chi connectivity index (χ0) is 16.3. The van der Waals surface area contributed by atoms with Gasteiger partial charge in [0.15, 0.2) is 15.4 Å². The van der Waals surface area contributed by atoms with Crippen LogP contribution in [0.25, 0.3) is 11.1 Å². The Bertz CT molecular complexity index is 871. The fraction of sp³-hybridized carbons (Fsp3) is 0.188. The van der Waals surface area contributed by atoms with Crippen molar-refractivity contribution in [1.82, 2.24) is 4.98 Å². The molecule has 0 saturated heterocycles. The number of oxazole rings is 1. The van der Waals surface area contributed by atoms with E-state index in [0.717, 1.165) is 11.1 Å². The van der Waals surface area contributed by atoms with Gasteiger partial charge in [0.25, 0.3) is 5.22 Å². The SMILES string of the molecule is O=S(=O)(CCSc1nc2ccccc2o1)Cc1ccc(Cl)cc1. The van der Waals surface area contributed by atoms with E-state index in [4.69, 9.17) is 16.0 Å². The minimum atomic E-state index is -3.18. The molecule has 0 unspecified atom stereocenters. The van der Waals surface area contributed by atoms with Crippen LogP contribution in [0.4, 0.5) is 0 Å². The number of benzene rings is 2. The Morgan fingerprint density at radius 1 is 1.09 bits per heavy atom. The number of sulfone groups is 1. The molecule has 2 aromatic carbocycles. The fourth-order valence-corrected chi connectivity index (χ4v) is 4.88. The van der Waals surface area contributed by atoms with E-state index in [1.807, 2.05) is 24.3 Å². The van der Waals surface area contributed by atoms with Crippen LogP contribution in [0.15, 0.2) is 58.2 Å². The van der Waals surface area contributed by atoms with E-state index >= 15 is 0 Å². The molecule has 1 heterocycles. The lowest BCUT2D eigenvalue weighted by Crippen LogP contribution is -2.11. The maximum atomic E-state index is 12.1. The Hall–Kier alpha value is -1.50. The summed E-state index contributed by atoms with van der Waals surface area (Å²) in [5.74, 6) is 0.486. The highest BCUT2D eigenvalue weighted by molar-refractivity contribution is 8.00. The Balaban J connectivity index is 1.57. The minimum absolute atomic E-state index is 0.0122. The topological polar surface area (TPSA) is 60.2 Å². The number of hydrogen-bond acceptors (Lipinski definition) is 5. The fourth-order valence-electron chi connectivity index (χ4n) is 2.08. The van der Waals surface area contributed by atoms with Crippen molar-refractivity contribution < 1.29 is 12.8 Å². The number of halogens is 1.